The molecule has 5 rings (SSSR count). The molecule has 226 valence electrons. The van der Waals surface area contributed by atoms with Crippen LogP contribution in [0.3, 0.4) is 0 Å². The van der Waals surface area contributed by atoms with E-state index in [2.05, 4.69) is 84.0 Å². The zero-order chi connectivity index (χ0) is 29.9. The van der Waals surface area contributed by atoms with Crippen molar-refractivity contribution in [1.29, 1.82) is 0 Å². The molecule has 1 saturated heterocycles. The minimum absolute atomic E-state index is 0. The summed E-state index contributed by atoms with van der Waals surface area (Å²) in [5.74, 6) is -0.310. The molecule has 42 heavy (non-hydrogen) atoms. The number of benzene rings is 3. The maximum absolute atomic E-state index is 11.8. The molecule has 2 heterocycles. The summed E-state index contributed by atoms with van der Waals surface area (Å²) in [5, 5.41) is 0. The molecule has 2 aliphatic heterocycles. The average molecular weight is 701 g/mol. The summed E-state index contributed by atoms with van der Waals surface area (Å²) in [6.07, 6.45) is 7.07. The molecule has 0 radical (unpaired) electrons. The van der Waals surface area contributed by atoms with Crippen LogP contribution in [0.1, 0.15) is 53.7 Å². The Morgan fingerprint density at radius 3 is 2.05 bits per heavy atom. The zero-order valence-electron chi connectivity index (χ0n) is 23.5. The van der Waals surface area contributed by atoms with Crippen molar-refractivity contribution in [3.05, 3.63) is 101 Å². The number of methoxy groups -OCH3 is 1. The number of anilines is 1. The monoisotopic (exact) mass is 700 g/mol. The Morgan fingerprint density at radius 2 is 1.48 bits per heavy atom. The van der Waals surface area contributed by atoms with Crippen molar-refractivity contribution >= 4 is 49.4 Å². The molecule has 0 spiro atoms. The van der Waals surface area contributed by atoms with Gasteiger partial charge in [-0.1, -0.05) is 42.5 Å². The van der Waals surface area contributed by atoms with Gasteiger partial charge < -0.3 is 14.3 Å². The predicted molar refractivity (Wildman–Crippen MR) is 154 cm³/mol. The summed E-state index contributed by atoms with van der Waals surface area (Å²) >= 11 is -9.19. The van der Waals surface area contributed by atoms with Gasteiger partial charge in [0.2, 0.25) is 5.69 Å². The fourth-order valence-corrected chi connectivity index (χ4v) is 5.30. The topological polar surface area (TPSA) is 32.6 Å². The van der Waals surface area contributed by atoms with Crippen molar-refractivity contribution < 1.29 is 32.9 Å². The molecule has 0 aliphatic carbocycles. The molecule has 0 unspecified atom stereocenters. The third kappa shape index (κ3) is 8.63. The Kier molecular flexibility index (Phi) is 10.2. The van der Waals surface area contributed by atoms with Gasteiger partial charge in [-0.3, -0.25) is 0 Å². The Bertz CT molecular complexity index is 1440. The van der Waals surface area contributed by atoms with Crippen LogP contribution in [0.25, 0.3) is 6.08 Å². The van der Waals surface area contributed by atoms with Crippen LogP contribution in [0, 0.1) is 0 Å². The molecule has 3 aromatic rings. The van der Waals surface area contributed by atoms with E-state index in [-0.39, 0.29) is 16.1 Å². The predicted octanol–water partition coefficient (Wildman–Crippen LogP) is 5.09. The average Bonchev–Trinajstić information content (AvgIpc) is 3.52. The van der Waals surface area contributed by atoms with E-state index in [9.17, 15) is 18.9 Å². The van der Waals surface area contributed by atoms with Gasteiger partial charge in [-0.25, -0.2) is 4.79 Å². The van der Waals surface area contributed by atoms with Crippen molar-refractivity contribution in [3.63, 3.8) is 0 Å². The Labute approximate surface area is 246 Å². The molecule has 0 aromatic heterocycles. The minimum atomic E-state index is -9.19. The normalized spacial score (nSPS) is 16.7. The first kappa shape index (κ1) is 33.2. The molecule has 0 N–H and O–H groups in total. The van der Waals surface area contributed by atoms with E-state index in [1.54, 1.807) is 0 Å². The third-order valence-corrected chi connectivity index (χ3v) is 7.31. The summed E-state index contributed by atoms with van der Waals surface area (Å²) in [6.45, 7) is 7.64. The first-order valence-electron chi connectivity index (χ1n) is 13.3. The molecule has 2 aliphatic rings. The number of carbonyl (C=O) groups is 1. The van der Waals surface area contributed by atoms with Gasteiger partial charge in [0, 0.05) is 42.0 Å². The molecule has 1 fully saturated rings. The number of esters is 1. The molecule has 11 heteroatoms. The van der Waals surface area contributed by atoms with E-state index in [1.165, 1.54) is 48.2 Å². The Balaban J connectivity index is 0.000000628. The van der Waals surface area contributed by atoms with Crippen molar-refractivity contribution in [2.24, 2.45) is 0 Å². The van der Waals surface area contributed by atoms with Crippen molar-refractivity contribution in [3.8, 4) is 0 Å². The number of para-hydroxylation sites is 1. The molecule has 0 saturated carbocycles. The van der Waals surface area contributed by atoms with Gasteiger partial charge in [-0.2, -0.15) is 4.58 Å². The number of allylic oxidation sites excluding steroid dienone is 1. The maximum atomic E-state index is 11.8. The Morgan fingerprint density at radius 1 is 0.905 bits per heavy atom. The molecule has 4 nitrogen and oxygen atoms in total. The van der Waals surface area contributed by atoms with Gasteiger partial charge in [-0.05, 0) is 62.6 Å². The van der Waals surface area contributed by atoms with Crippen LogP contribution >= 0.6 is 0 Å². The number of ether oxygens (including phenoxy) is 1. The summed E-state index contributed by atoms with van der Waals surface area (Å²) < 4.78 is 56.8. The first-order chi connectivity index (χ1) is 19.2. The molecule has 0 atom stereocenters. The van der Waals surface area contributed by atoms with E-state index in [0.29, 0.717) is 5.56 Å². The molecule has 3 aromatic carbocycles. The standard InChI is InChI=1S/C31H33N2O2.6FH.Sb/c1-31(2)27-8-4-5-9-28(27)33(22-24-10-15-25(16-11-24)30(34)35-3)29(31)19-14-23-12-17-26(18-13-23)32-20-6-7-21-32;;;;;;;/h4-5,8-19H,6-7,20-22H2,1-3H3;6*1H;/q+1;;;;;;;+5/p-6. The van der Waals surface area contributed by atoms with Crippen molar-refractivity contribution in [1.82, 2.24) is 0 Å². The van der Waals surface area contributed by atoms with E-state index < -0.39 is 20.3 Å². The molecular weight excluding hydrogens is 668 g/mol. The zero-order valence-corrected chi connectivity index (χ0v) is 26.1. The number of nitrogens with zero attached hydrogens (tertiary/aromatic N) is 2. The van der Waals surface area contributed by atoms with Gasteiger partial charge in [0.25, 0.3) is 0 Å². The van der Waals surface area contributed by atoms with Crippen molar-refractivity contribution in [2.75, 3.05) is 25.1 Å². The van der Waals surface area contributed by atoms with Gasteiger partial charge in [0.05, 0.1) is 18.1 Å². The summed E-state index contributed by atoms with van der Waals surface area (Å²) in [5.41, 5.74) is 7.95. The number of rotatable bonds is 6. The number of hydrogen-bond donors (Lipinski definition) is 0. The van der Waals surface area contributed by atoms with Gasteiger partial charge in [0.1, 0.15) is 0 Å². The summed E-state index contributed by atoms with van der Waals surface area (Å²) in [6, 6.07) is 25.3. The molecule has 0 amide bonds. The number of halogens is 6. The van der Waals surface area contributed by atoms with Gasteiger partial charge in [0.15, 0.2) is 12.3 Å². The van der Waals surface area contributed by atoms with Crippen LogP contribution < -0.4 is 9.60 Å². The fourth-order valence-electron chi connectivity index (χ4n) is 5.30. The fraction of sp³-hybridized carbons (Fsp3) is 0.290. The van der Waals surface area contributed by atoms with Crippen LogP contribution in [0.4, 0.5) is 25.4 Å². The van der Waals surface area contributed by atoms with Gasteiger partial charge in [-0.15, -0.1) is 0 Å². The second-order valence-electron chi connectivity index (χ2n) is 10.6. The molecule has 0 bridgehead atoms. The van der Waals surface area contributed by atoms with Crippen LogP contribution in [0.15, 0.2) is 78.9 Å². The number of carbonyl (C=O) groups excluding carboxylic acids is 1. The second kappa shape index (κ2) is 12.9. The van der Waals surface area contributed by atoms with Gasteiger partial charge >= 0.3 is 40.3 Å². The van der Waals surface area contributed by atoms with E-state index in [4.69, 9.17) is 4.74 Å². The number of hydrogen-bond acceptors (Lipinski definition) is 3. The second-order valence-corrected chi connectivity index (χ2v) is 14.2. The van der Waals surface area contributed by atoms with Crippen molar-refractivity contribution in [2.45, 2.75) is 38.6 Å². The van der Waals surface area contributed by atoms with Crippen LogP contribution in [0.5, 0.6) is 0 Å². The molecular formula is C31H33F6N2O2Sb. The van der Waals surface area contributed by atoms with E-state index >= 15 is 0 Å². The van der Waals surface area contributed by atoms with Crippen LogP contribution in [0.2, 0.25) is 0 Å². The summed E-state index contributed by atoms with van der Waals surface area (Å²) in [7, 11) is 1.41. The van der Waals surface area contributed by atoms with E-state index in [0.717, 1.165) is 25.2 Å². The summed E-state index contributed by atoms with van der Waals surface area (Å²) in [4.78, 5) is 14.3. The number of fused-ring (bicyclic) bond motifs is 1. The van der Waals surface area contributed by atoms with Crippen LogP contribution in [-0.2, 0) is 16.7 Å². The third-order valence-electron chi connectivity index (χ3n) is 7.31. The first-order valence-corrected chi connectivity index (χ1v) is 18.1. The SMILES string of the molecule is COC(=O)c1ccc(C[N+]2=C(/C=C/c3ccc(N4CCCC4)cc3)C(C)(C)c3ccccc32)cc1.[F-].[F][Sb]([F])([F])([F])[F]. The quantitative estimate of drug-likeness (QED) is 0.156. The Hall–Kier alpha value is -3.26. The van der Waals surface area contributed by atoms with Crippen LogP contribution in [-0.4, -0.2) is 56.8 Å². The van der Waals surface area contributed by atoms with E-state index in [1.807, 2.05) is 24.3 Å².